The van der Waals surface area contributed by atoms with E-state index >= 15 is 0 Å². The highest BCUT2D eigenvalue weighted by Crippen LogP contribution is 2.39. The van der Waals surface area contributed by atoms with Crippen LogP contribution in [-0.4, -0.2) is 29.1 Å². The first-order valence-corrected chi connectivity index (χ1v) is 6.43. The van der Waals surface area contributed by atoms with Crippen molar-refractivity contribution in [1.82, 2.24) is 5.32 Å². The molecule has 0 radical (unpaired) electrons. The number of amides is 1. The van der Waals surface area contributed by atoms with Crippen LogP contribution in [0.1, 0.15) is 30.1 Å². The fourth-order valence-corrected chi connectivity index (χ4v) is 2.09. The Morgan fingerprint density at radius 1 is 1.33 bits per heavy atom. The molecule has 1 aromatic carbocycles. The number of rotatable bonds is 6. The van der Waals surface area contributed by atoms with Crippen LogP contribution < -0.4 is 10.1 Å². The number of alkyl halides is 2. The molecule has 5 nitrogen and oxygen atoms in total. The van der Waals surface area contributed by atoms with E-state index in [0.29, 0.717) is 0 Å². The van der Waals surface area contributed by atoms with Crippen LogP contribution in [0.15, 0.2) is 24.3 Å². The molecule has 2 rings (SSSR count). The van der Waals surface area contributed by atoms with E-state index in [1.807, 2.05) is 0 Å². The standard InChI is InChI=1S/C14H15F2NO4/c1-14(12(19)20,9-4-5-9)17-11(18)8-2-6-10(7-3-8)21-13(15)16/h2-3,6-7,9,13H,4-5H2,1H3,(H,17,18)(H,19,20). The lowest BCUT2D eigenvalue weighted by molar-refractivity contribution is -0.144. The fraction of sp³-hybridized carbons (Fsp3) is 0.429. The highest BCUT2D eigenvalue weighted by molar-refractivity contribution is 5.98. The molecule has 0 spiro atoms. The van der Waals surface area contributed by atoms with Gasteiger partial charge in [-0.05, 0) is 49.9 Å². The van der Waals surface area contributed by atoms with Gasteiger partial charge in [0.25, 0.3) is 5.91 Å². The van der Waals surface area contributed by atoms with Crippen LogP contribution in [0.3, 0.4) is 0 Å². The van der Waals surface area contributed by atoms with Crippen molar-refractivity contribution in [3.63, 3.8) is 0 Å². The van der Waals surface area contributed by atoms with Crippen LogP contribution in [0.2, 0.25) is 0 Å². The number of aliphatic carboxylic acids is 1. The van der Waals surface area contributed by atoms with Gasteiger partial charge in [0.15, 0.2) is 0 Å². The molecule has 114 valence electrons. The van der Waals surface area contributed by atoms with E-state index in [-0.39, 0.29) is 17.2 Å². The van der Waals surface area contributed by atoms with Crippen LogP contribution in [0, 0.1) is 5.92 Å². The SMILES string of the molecule is CC(NC(=O)c1ccc(OC(F)F)cc1)(C(=O)O)C1CC1. The van der Waals surface area contributed by atoms with Gasteiger partial charge in [0.05, 0.1) is 0 Å². The number of carbonyl (C=O) groups excluding carboxylic acids is 1. The average molecular weight is 299 g/mol. The zero-order chi connectivity index (χ0) is 15.6. The summed E-state index contributed by atoms with van der Waals surface area (Å²) in [6.45, 7) is -1.46. The molecule has 1 aliphatic carbocycles. The Morgan fingerprint density at radius 2 is 1.90 bits per heavy atom. The molecule has 7 heteroatoms. The first-order chi connectivity index (χ1) is 9.83. The Balaban J connectivity index is 2.07. The fourth-order valence-electron chi connectivity index (χ4n) is 2.09. The van der Waals surface area contributed by atoms with E-state index in [1.165, 1.54) is 31.2 Å². The molecule has 1 aromatic rings. The molecule has 2 N–H and O–H groups in total. The second kappa shape index (κ2) is 5.67. The molecular weight excluding hydrogens is 284 g/mol. The number of benzene rings is 1. The lowest BCUT2D eigenvalue weighted by Crippen LogP contribution is -2.54. The van der Waals surface area contributed by atoms with Crippen molar-refractivity contribution in [2.75, 3.05) is 0 Å². The van der Waals surface area contributed by atoms with E-state index in [4.69, 9.17) is 0 Å². The summed E-state index contributed by atoms with van der Waals surface area (Å²) in [4.78, 5) is 23.4. The summed E-state index contributed by atoms with van der Waals surface area (Å²) in [6, 6.07) is 5.08. The second-order valence-electron chi connectivity index (χ2n) is 5.14. The number of nitrogens with one attached hydrogen (secondary N) is 1. The van der Waals surface area contributed by atoms with Gasteiger partial charge in [-0.3, -0.25) is 4.79 Å². The maximum Gasteiger partial charge on any atom is 0.387 e. The van der Waals surface area contributed by atoms with Crippen molar-refractivity contribution < 1.29 is 28.2 Å². The van der Waals surface area contributed by atoms with Crippen molar-refractivity contribution in [3.8, 4) is 5.75 Å². The third-order valence-corrected chi connectivity index (χ3v) is 3.55. The minimum atomic E-state index is -2.94. The number of carboxylic acids is 1. The van der Waals surface area contributed by atoms with E-state index in [1.54, 1.807) is 0 Å². The summed E-state index contributed by atoms with van der Waals surface area (Å²) in [6.07, 6.45) is 1.51. The number of carboxylic acid groups (broad SMARTS) is 1. The van der Waals surface area contributed by atoms with Gasteiger partial charge in [-0.15, -0.1) is 0 Å². The summed E-state index contributed by atoms with van der Waals surface area (Å²) in [5.41, 5.74) is -1.13. The molecule has 0 bridgehead atoms. The summed E-state index contributed by atoms with van der Waals surface area (Å²) in [5.74, 6) is -1.79. The highest BCUT2D eigenvalue weighted by Gasteiger charge is 2.48. The molecule has 0 saturated heterocycles. The number of carbonyl (C=O) groups is 2. The highest BCUT2D eigenvalue weighted by atomic mass is 19.3. The van der Waals surface area contributed by atoms with Gasteiger partial charge in [-0.1, -0.05) is 0 Å². The van der Waals surface area contributed by atoms with Crippen LogP contribution in [-0.2, 0) is 4.79 Å². The van der Waals surface area contributed by atoms with Gasteiger partial charge in [-0.2, -0.15) is 8.78 Å². The second-order valence-corrected chi connectivity index (χ2v) is 5.14. The Kier molecular flexibility index (Phi) is 4.11. The van der Waals surface area contributed by atoms with Crippen LogP contribution >= 0.6 is 0 Å². The molecule has 21 heavy (non-hydrogen) atoms. The summed E-state index contributed by atoms with van der Waals surface area (Å²) in [5, 5.41) is 11.8. The minimum Gasteiger partial charge on any atom is -0.480 e. The van der Waals surface area contributed by atoms with Gasteiger partial charge in [0.2, 0.25) is 0 Å². The molecule has 0 aliphatic heterocycles. The average Bonchev–Trinajstić information content (AvgIpc) is 3.22. The largest absolute Gasteiger partial charge is 0.480 e. The Morgan fingerprint density at radius 3 is 2.33 bits per heavy atom. The molecule has 1 aliphatic rings. The van der Waals surface area contributed by atoms with Crippen molar-refractivity contribution in [1.29, 1.82) is 0 Å². The van der Waals surface area contributed by atoms with Gasteiger partial charge < -0.3 is 15.2 Å². The topological polar surface area (TPSA) is 75.6 Å². The molecule has 1 fully saturated rings. The predicted octanol–water partition coefficient (Wildman–Crippen LogP) is 2.27. The first-order valence-electron chi connectivity index (χ1n) is 6.43. The van der Waals surface area contributed by atoms with E-state index in [0.717, 1.165) is 12.8 Å². The number of hydrogen-bond acceptors (Lipinski definition) is 3. The molecule has 0 aromatic heterocycles. The van der Waals surface area contributed by atoms with Crippen molar-refractivity contribution in [2.24, 2.45) is 5.92 Å². The smallest absolute Gasteiger partial charge is 0.387 e. The molecule has 1 atom stereocenters. The van der Waals surface area contributed by atoms with Crippen LogP contribution in [0.5, 0.6) is 5.75 Å². The lowest BCUT2D eigenvalue weighted by atomic mass is 9.95. The summed E-state index contributed by atoms with van der Waals surface area (Å²) < 4.78 is 28.2. The number of hydrogen-bond donors (Lipinski definition) is 2. The maximum absolute atomic E-state index is 12.1. The van der Waals surface area contributed by atoms with Crippen molar-refractivity contribution in [3.05, 3.63) is 29.8 Å². The van der Waals surface area contributed by atoms with E-state index in [9.17, 15) is 23.5 Å². The van der Waals surface area contributed by atoms with Gasteiger partial charge >= 0.3 is 12.6 Å². The van der Waals surface area contributed by atoms with Gasteiger partial charge in [0.1, 0.15) is 11.3 Å². The lowest BCUT2D eigenvalue weighted by Gasteiger charge is -2.26. The van der Waals surface area contributed by atoms with E-state index < -0.39 is 24.0 Å². The summed E-state index contributed by atoms with van der Waals surface area (Å²) in [7, 11) is 0. The monoisotopic (exact) mass is 299 g/mol. The Hall–Kier alpha value is -2.18. The van der Waals surface area contributed by atoms with Gasteiger partial charge in [0, 0.05) is 5.56 Å². The molecule has 1 unspecified atom stereocenters. The van der Waals surface area contributed by atoms with Gasteiger partial charge in [-0.25, -0.2) is 4.79 Å². The quantitative estimate of drug-likeness (QED) is 0.845. The summed E-state index contributed by atoms with van der Waals surface area (Å²) >= 11 is 0. The Labute approximate surface area is 119 Å². The third kappa shape index (κ3) is 3.48. The normalized spacial score (nSPS) is 17.1. The van der Waals surface area contributed by atoms with Crippen molar-refractivity contribution in [2.45, 2.75) is 31.9 Å². The number of ether oxygens (including phenoxy) is 1. The molecule has 1 saturated carbocycles. The molecule has 1 amide bonds. The minimum absolute atomic E-state index is 0.0651. The molecule has 0 heterocycles. The molecular formula is C14H15F2NO4. The van der Waals surface area contributed by atoms with E-state index in [2.05, 4.69) is 10.1 Å². The maximum atomic E-state index is 12.1. The van der Waals surface area contributed by atoms with Crippen LogP contribution in [0.4, 0.5) is 8.78 Å². The van der Waals surface area contributed by atoms with Crippen LogP contribution in [0.25, 0.3) is 0 Å². The number of halogens is 2. The zero-order valence-electron chi connectivity index (χ0n) is 11.3. The zero-order valence-corrected chi connectivity index (χ0v) is 11.3. The first kappa shape index (κ1) is 15.2. The Bertz CT molecular complexity index is 542. The predicted molar refractivity (Wildman–Crippen MR) is 69.3 cm³/mol. The third-order valence-electron chi connectivity index (χ3n) is 3.55. The van der Waals surface area contributed by atoms with Crippen molar-refractivity contribution >= 4 is 11.9 Å².